The van der Waals surface area contributed by atoms with Gasteiger partial charge in [0.05, 0.1) is 15.9 Å². The van der Waals surface area contributed by atoms with Crippen LogP contribution >= 0.6 is 0 Å². The van der Waals surface area contributed by atoms with Crippen molar-refractivity contribution in [3.8, 4) is 0 Å². The van der Waals surface area contributed by atoms with Crippen molar-refractivity contribution >= 4 is 33.2 Å². The van der Waals surface area contributed by atoms with Gasteiger partial charge in [-0.2, -0.15) is 4.72 Å². The van der Waals surface area contributed by atoms with E-state index in [-0.39, 0.29) is 23.0 Å². The molecule has 2 amide bonds. The van der Waals surface area contributed by atoms with Crippen molar-refractivity contribution in [2.24, 2.45) is 0 Å². The smallest absolute Gasteiger partial charge is 0.269 e. The molecule has 0 radical (unpaired) electrons. The van der Waals surface area contributed by atoms with Gasteiger partial charge in [-0.1, -0.05) is 12.1 Å². The van der Waals surface area contributed by atoms with Crippen LogP contribution in [0, 0.1) is 10.1 Å². The summed E-state index contributed by atoms with van der Waals surface area (Å²) in [6.07, 6.45) is 0. The van der Waals surface area contributed by atoms with Crippen LogP contribution in [-0.2, 0) is 26.2 Å². The van der Waals surface area contributed by atoms with E-state index in [1.54, 1.807) is 0 Å². The first-order valence-corrected chi connectivity index (χ1v) is 9.98. The molecule has 0 unspecified atom stereocenters. The van der Waals surface area contributed by atoms with Crippen molar-refractivity contribution < 1.29 is 22.9 Å². The molecule has 10 nitrogen and oxygen atoms in total. The highest BCUT2D eigenvalue weighted by Crippen LogP contribution is 2.15. The maximum Gasteiger partial charge on any atom is 0.269 e. The second-order valence-corrected chi connectivity index (χ2v) is 7.90. The molecule has 0 heterocycles. The standard InChI is InChI=1S/C18H20N4O6S/c1-12(18(24)19-11-14-3-7-16(8-4-14)22(25)26)21-29(27,28)17-9-5-15(6-10-17)20-13(2)23/h3-10,12,21H,11H2,1-2H3,(H,19,24)(H,20,23)/t12-/m0/s1. The minimum atomic E-state index is -3.95. The summed E-state index contributed by atoms with van der Waals surface area (Å²) in [6.45, 7) is 2.83. The third kappa shape index (κ3) is 6.36. The largest absolute Gasteiger partial charge is 0.351 e. The van der Waals surface area contributed by atoms with Gasteiger partial charge in [0, 0.05) is 31.3 Å². The van der Waals surface area contributed by atoms with Crippen LogP contribution in [0.4, 0.5) is 11.4 Å². The normalized spacial score (nSPS) is 12.1. The summed E-state index contributed by atoms with van der Waals surface area (Å²) >= 11 is 0. The van der Waals surface area contributed by atoms with Crippen molar-refractivity contribution in [1.29, 1.82) is 0 Å². The van der Waals surface area contributed by atoms with E-state index in [1.165, 1.54) is 62.4 Å². The number of anilines is 1. The fourth-order valence-corrected chi connectivity index (χ4v) is 3.56. The molecule has 0 aromatic heterocycles. The average molecular weight is 420 g/mol. The number of hydrogen-bond acceptors (Lipinski definition) is 6. The summed E-state index contributed by atoms with van der Waals surface area (Å²) in [7, 11) is -3.95. The molecule has 0 fully saturated rings. The molecule has 2 aromatic rings. The molecule has 0 spiro atoms. The first kappa shape index (κ1) is 22.0. The average Bonchev–Trinajstić information content (AvgIpc) is 2.66. The number of hydrogen-bond donors (Lipinski definition) is 3. The van der Waals surface area contributed by atoms with Gasteiger partial charge in [0.2, 0.25) is 21.8 Å². The first-order chi connectivity index (χ1) is 13.6. The second kappa shape index (κ2) is 9.26. The Kier molecular flexibility index (Phi) is 7.02. The molecule has 2 aromatic carbocycles. The molecule has 0 aliphatic carbocycles. The molecule has 3 N–H and O–H groups in total. The molecular weight excluding hydrogens is 400 g/mol. The molecule has 0 aliphatic heterocycles. The lowest BCUT2D eigenvalue weighted by atomic mass is 10.2. The summed E-state index contributed by atoms with van der Waals surface area (Å²) in [6, 6.07) is 10.1. The minimum Gasteiger partial charge on any atom is -0.351 e. The number of nitro groups is 1. The van der Waals surface area contributed by atoms with Gasteiger partial charge in [-0.05, 0) is 36.8 Å². The van der Waals surface area contributed by atoms with E-state index in [9.17, 15) is 28.1 Å². The molecule has 0 bridgehead atoms. The third-order valence-electron chi connectivity index (χ3n) is 3.82. The van der Waals surface area contributed by atoms with E-state index in [0.717, 1.165) is 0 Å². The molecule has 154 valence electrons. The van der Waals surface area contributed by atoms with Gasteiger partial charge in [-0.25, -0.2) is 8.42 Å². The number of sulfonamides is 1. The Bertz CT molecular complexity index is 1000. The number of non-ortho nitro benzene ring substituents is 1. The van der Waals surface area contributed by atoms with Crippen molar-refractivity contribution in [3.63, 3.8) is 0 Å². The van der Waals surface area contributed by atoms with E-state index in [4.69, 9.17) is 0 Å². The summed E-state index contributed by atoms with van der Waals surface area (Å²) in [4.78, 5) is 33.2. The Balaban J connectivity index is 1.95. The summed E-state index contributed by atoms with van der Waals surface area (Å²) in [5.74, 6) is -0.834. The zero-order chi connectivity index (χ0) is 21.6. The van der Waals surface area contributed by atoms with Gasteiger partial charge < -0.3 is 10.6 Å². The topological polar surface area (TPSA) is 148 Å². The summed E-state index contributed by atoms with van der Waals surface area (Å²) < 4.78 is 27.1. The SMILES string of the molecule is CC(=O)Nc1ccc(S(=O)(=O)N[C@@H](C)C(=O)NCc2ccc([N+](=O)[O-])cc2)cc1. The van der Waals surface area contributed by atoms with Gasteiger partial charge in [-0.15, -0.1) is 0 Å². The van der Waals surface area contributed by atoms with Crippen LogP contribution in [0.25, 0.3) is 0 Å². The quantitative estimate of drug-likeness (QED) is 0.436. The molecule has 2 rings (SSSR count). The fraction of sp³-hybridized carbons (Fsp3) is 0.222. The summed E-state index contributed by atoms with van der Waals surface area (Å²) in [5.41, 5.74) is 1.02. The number of benzene rings is 2. The number of nitrogens with one attached hydrogen (secondary N) is 3. The van der Waals surface area contributed by atoms with Crippen LogP contribution in [0.2, 0.25) is 0 Å². The van der Waals surface area contributed by atoms with Crippen molar-refractivity contribution in [1.82, 2.24) is 10.0 Å². The Morgan fingerprint density at radius 1 is 1.07 bits per heavy atom. The Morgan fingerprint density at radius 2 is 1.66 bits per heavy atom. The van der Waals surface area contributed by atoms with Gasteiger partial charge in [0.15, 0.2) is 0 Å². The van der Waals surface area contributed by atoms with Crippen LogP contribution < -0.4 is 15.4 Å². The van der Waals surface area contributed by atoms with Crippen LogP contribution in [0.3, 0.4) is 0 Å². The molecule has 0 aliphatic rings. The van der Waals surface area contributed by atoms with Crippen LogP contribution in [0.15, 0.2) is 53.4 Å². The van der Waals surface area contributed by atoms with Gasteiger partial charge in [0.1, 0.15) is 0 Å². The monoisotopic (exact) mass is 420 g/mol. The Labute approximate surface area is 167 Å². The molecule has 0 saturated carbocycles. The van der Waals surface area contributed by atoms with Gasteiger partial charge in [-0.3, -0.25) is 19.7 Å². The number of nitrogens with zero attached hydrogens (tertiary/aromatic N) is 1. The minimum absolute atomic E-state index is 0.0541. The van der Waals surface area contributed by atoms with Crippen LogP contribution in [0.1, 0.15) is 19.4 Å². The fourth-order valence-electron chi connectivity index (χ4n) is 2.35. The van der Waals surface area contributed by atoms with Gasteiger partial charge in [0.25, 0.3) is 5.69 Å². The first-order valence-electron chi connectivity index (χ1n) is 8.49. The summed E-state index contributed by atoms with van der Waals surface area (Å²) in [5, 5.41) is 15.7. The van der Waals surface area contributed by atoms with Crippen LogP contribution in [-0.4, -0.2) is 31.2 Å². The highest BCUT2D eigenvalue weighted by molar-refractivity contribution is 7.89. The molecule has 29 heavy (non-hydrogen) atoms. The maximum absolute atomic E-state index is 12.4. The predicted octanol–water partition coefficient (Wildman–Crippen LogP) is 1.54. The van der Waals surface area contributed by atoms with Crippen LogP contribution in [0.5, 0.6) is 0 Å². The van der Waals surface area contributed by atoms with E-state index in [0.29, 0.717) is 11.3 Å². The molecular formula is C18H20N4O6S. The highest BCUT2D eigenvalue weighted by Gasteiger charge is 2.22. The molecule has 0 saturated heterocycles. The van der Waals surface area contributed by atoms with Gasteiger partial charge >= 0.3 is 0 Å². The van der Waals surface area contributed by atoms with E-state index < -0.39 is 26.9 Å². The predicted molar refractivity (Wildman–Crippen MR) is 105 cm³/mol. The zero-order valence-electron chi connectivity index (χ0n) is 15.7. The van der Waals surface area contributed by atoms with Crippen molar-refractivity contribution in [2.75, 3.05) is 5.32 Å². The molecule has 1 atom stereocenters. The lowest BCUT2D eigenvalue weighted by Gasteiger charge is -2.15. The second-order valence-electron chi connectivity index (χ2n) is 6.19. The maximum atomic E-state index is 12.4. The molecule has 11 heteroatoms. The number of carbonyl (C=O) groups is 2. The lowest BCUT2D eigenvalue weighted by Crippen LogP contribution is -2.44. The zero-order valence-corrected chi connectivity index (χ0v) is 16.5. The van der Waals surface area contributed by atoms with E-state index in [2.05, 4.69) is 15.4 Å². The van der Waals surface area contributed by atoms with Crippen molar-refractivity contribution in [2.45, 2.75) is 31.3 Å². The van der Waals surface area contributed by atoms with E-state index in [1.807, 2.05) is 0 Å². The third-order valence-corrected chi connectivity index (χ3v) is 5.38. The van der Waals surface area contributed by atoms with Crippen molar-refractivity contribution in [3.05, 3.63) is 64.2 Å². The Hall–Kier alpha value is -3.31. The number of nitro benzene ring substituents is 1. The highest BCUT2D eigenvalue weighted by atomic mass is 32.2. The Morgan fingerprint density at radius 3 is 2.17 bits per heavy atom. The number of amides is 2. The number of rotatable bonds is 8. The number of carbonyl (C=O) groups excluding carboxylic acids is 2. The lowest BCUT2D eigenvalue weighted by molar-refractivity contribution is -0.384. The van der Waals surface area contributed by atoms with E-state index >= 15 is 0 Å².